The Balaban J connectivity index is 2.15. The van der Waals surface area contributed by atoms with E-state index < -0.39 is 6.67 Å². The van der Waals surface area contributed by atoms with E-state index in [1.54, 1.807) is 7.11 Å². The van der Waals surface area contributed by atoms with Crippen molar-refractivity contribution < 1.29 is 9.13 Å². The SMILES string of the molecule is CCc1ccc(-c2csc3nc(CCOC)n(CCF)c(=O)c23)cc1. The number of fused-ring (bicyclic) bond motifs is 1. The first-order valence-corrected chi connectivity index (χ1v) is 9.22. The van der Waals surface area contributed by atoms with Gasteiger partial charge in [0.05, 0.1) is 18.5 Å². The van der Waals surface area contributed by atoms with Gasteiger partial charge in [0, 0.05) is 24.5 Å². The molecule has 2 aromatic heterocycles. The molecule has 0 N–H and O–H groups in total. The van der Waals surface area contributed by atoms with Gasteiger partial charge >= 0.3 is 0 Å². The predicted octanol–water partition coefficient (Wildman–Crippen LogP) is 3.85. The number of aryl methyl sites for hydroxylation is 1. The summed E-state index contributed by atoms with van der Waals surface area (Å²) in [7, 11) is 1.60. The summed E-state index contributed by atoms with van der Waals surface area (Å²) in [6.07, 6.45) is 1.46. The van der Waals surface area contributed by atoms with Crippen LogP contribution in [-0.2, 0) is 24.1 Å². The maximum atomic E-state index is 13.0. The quantitative estimate of drug-likeness (QED) is 0.643. The van der Waals surface area contributed by atoms with E-state index in [4.69, 9.17) is 4.74 Å². The normalized spacial score (nSPS) is 11.3. The highest BCUT2D eigenvalue weighted by atomic mass is 32.1. The number of ether oxygens (including phenoxy) is 1. The average Bonchev–Trinajstić information content (AvgIpc) is 3.07. The van der Waals surface area contributed by atoms with Gasteiger partial charge in [0.2, 0.25) is 0 Å². The molecular weight excluding hydrogens is 339 g/mol. The Morgan fingerprint density at radius 1 is 1.28 bits per heavy atom. The van der Waals surface area contributed by atoms with Crippen molar-refractivity contribution in [3.05, 3.63) is 51.4 Å². The molecule has 2 heterocycles. The number of thiophene rings is 1. The molecule has 0 saturated carbocycles. The molecule has 3 aromatic rings. The fourth-order valence-electron chi connectivity index (χ4n) is 2.90. The summed E-state index contributed by atoms with van der Waals surface area (Å²) in [5, 5.41) is 2.53. The smallest absolute Gasteiger partial charge is 0.262 e. The fourth-order valence-corrected chi connectivity index (χ4v) is 3.85. The second kappa shape index (κ2) is 7.89. The minimum Gasteiger partial charge on any atom is -0.384 e. The number of rotatable bonds is 7. The van der Waals surface area contributed by atoms with Crippen LogP contribution in [0.1, 0.15) is 18.3 Å². The van der Waals surface area contributed by atoms with E-state index in [-0.39, 0.29) is 12.1 Å². The molecule has 6 heteroatoms. The molecule has 0 aliphatic heterocycles. The van der Waals surface area contributed by atoms with Gasteiger partial charge in [-0.2, -0.15) is 0 Å². The van der Waals surface area contributed by atoms with E-state index in [1.165, 1.54) is 21.5 Å². The van der Waals surface area contributed by atoms with Crippen molar-refractivity contribution in [2.45, 2.75) is 26.3 Å². The molecule has 0 radical (unpaired) electrons. The lowest BCUT2D eigenvalue weighted by atomic mass is 10.0. The van der Waals surface area contributed by atoms with E-state index >= 15 is 0 Å². The minimum atomic E-state index is -0.599. The molecule has 0 saturated heterocycles. The van der Waals surface area contributed by atoms with Crippen molar-refractivity contribution in [2.24, 2.45) is 0 Å². The lowest BCUT2D eigenvalue weighted by Gasteiger charge is -2.11. The Morgan fingerprint density at radius 3 is 2.68 bits per heavy atom. The molecule has 4 nitrogen and oxygen atoms in total. The van der Waals surface area contributed by atoms with Crippen molar-refractivity contribution >= 4 is 21.6 Å². The van der Waals surface area contributed by atoms with Gasteiger partial charge in [-0.25, -0.2) is 9.37 Å². The van der Waals surface area contributed by atoms with E-state index in [0.29, 0.717) is 29.1 Å². The minimum absolute atomic E-state index is 0.0187. The Bertz CT molecular complexity index is 916. The molecule has 25 heavy (non-hydrogen) atoms. The topological polar surface area (TPSA) is 44.1 Å². The molecule has 0 aliphatic rings. The molecule has 3 rings (SSSR count). The molecule has 0 aliphatic carbocycles. The highest BCUT2D eigenvalue weighted by Gasteiger charge is 2.17. The van der Waals surface area contributed by atoms with E-state index in [0.717, 1.165) is 17.5 Å². The van der Waals surface area contributed by atoms with Gasteiger partial charge in [0.25, 0.3) is 5.56 Å². The lowest BCUT2D eigenvalue weighted by Crippen LogP contribution is -2.26. The van der Waals surface area contributed by atoms with E-state index in [2.05, 4.69) is 24.0 Å². The summed E-state index contributed by atoms with van der Waals surface area (Å²) >= 11 is 1.45. The number of hydrogen-bond donors (Lipinski definition) is 0. The molecule has 0 spiro atoms. The monoisotopic (exact) mass is 360 g/mol. The molecule has 1 aromatic carbocycles. The van der Waals surface area contributed by atoms with Gasteiger partial charge < -0.3 is 4.74 Å². The van der Waals surface area contributed by atoms with Crippen molar-refractivity contribution in [3.8, 4) is 11.1 Å². The van der Waals surface area contributed by atoms with Crippen LogP contribution in [0.25, 0.3) is 21.3 Å². The highest BCUT2D eigenvalue weighted by Crippen LogP contribution is 2.31. The van der Waals surface area contributed by atoms with Crippen LogP contribution >= 0.6 is 11.3 Å². The van der Waals surface area contributed by atoms with Gasteiger partial charge in [0.1, 0.15) is 17.3 Å². The second-order valence-corrected chi connectivity index (χ2v) is 6.65. The van der Waals surface area contributed by atoms with E-state index in [9.17, 15) is 9.18 Å². The summed E-state index contributed by atoms with van der Waals surface area (Å²) in [5.74, 6) is 0.576. The Kier molecular flexibility index (Phi) is 5.60. The molecular formula is C19H21FN2O2S. The third kappa shape index (κ3) is 3.50. The van der Waals surface area contributed by atoms with Crippen molar-refractivity contribution in [3.63, 3.8) is 0 Å². The van der Waals surface area contributed by atoms with Gasteiger partial charge in [0.15, 0.2) is 0 Å². The number of hydrogen-bond acceptors (Lipinski definition) is 4. The van der Waals surface area contributed by atoms with Crippen LogP contribution in [-0.4, -0.2) is 29.9 Å². The van der Waals surface area contributed by atoms with Crippen LogP contribution < -0.4 is 5.56 Å². The fraction of sp³-hybridized carbons (Fsp3) is 0.368. The molecule has 0 amide bonds. The largest absolute Gasteiger partial charge is 0.384 e. The van der Waals surface area contributed by atoms with Gasteiger partial charge in [-0.1, -0.05) is 31.2 Å². The third-order valence-corrected chi connectivity index (χ3v) is 5.16. The zero-order valence-corrected chi connectivity index (χ0v) is 15.2. The summed E-state index contributed by atoms with van der Waals surface area (Å²) in [6.45, 7) is 1.97. The van der Waals surface area contributed by atoms with Crippen molar-refractivity contribution in [1.29, 1.82) is 0 Å². The molecule has 0 atom stereocenters. The lowest BCUT2D eigenvalue weighted by molar-refractivity contribution is 0.199. The average molecular weight is 360 g/mol. The maximum Gasteiger partial charge on any atom is 0.262 e. The Hall–Kier alpha value is -2.05. The highest BCUT2D eigenvalue weighted by molar-refractivity contribution is 7.17. The van der Waals surface area contributed by atoms with Crippen LogP contribution in [0, 0.1) is 0 Å². The molecule has 0 unspecified atom stereocenters. The van der Waals surface area contributed by atoms with Gasteiger partial charge in [-0.05, 0) is 17.5 Å². The van der Waals surface area contributed by atoms with E-state index in [1.807, 2.05) is 17.5 Å². The number of methoxy groups -OCH3 is 1. The number of nitrogens with zero attached hydrogens (tertiary/aromatic N) is 2. The Labute approximate surface area is 149 Å². The third-order valence-electron chi connectivity index (χ3n) is 4.28. The van der Waals surface area contributed by atoms with Crippen LogP contribution in [0.4, 0.5) is 4.39 Å². The van der Waals surface area contributed by atoms with Crippen molar-refractivity contribution in [1.82, 2.24) is 9.55 Å². The zero-order chi connectivity index (χ0) is 17.8. The molecule has 132 valence electrons. The van der Waals surface area contributed by atoms with Crippen molar-refractivity contribution in [2.75, 3.05) is 20.4 Å². The summed E-state index contributed by atoms with van der Waals surface area (Å²) in [4.78, 5) is 18.3. The number of alkyl halides is 1. The Morgan fingerprint density at radius 2 is 2.04 bits per heavy atom. The number of halogens is 1. The van der Waals surface area contributed by atoms with Crippen LogP contribution in [0.5, 0.6) is 0 Å². The van der Waals surface area contributed by atoms with Gasteiger partial charge in [-0.3, -0.25) is 9.36 Å². The first kappa shape index (κ1) is 17.8. The van der Waals surface area contributed by atoms with Crippen LogP contribution in [0.2, 0.25) is 0 Å². The van der Waals surface area contributed by atoms with Gasteiger partial charge in [-0.15, -0.1) is 11.3 Å². The van der Waals surface area contributed by atoms with Crippen LogP contribution in [0.15, 0.2) is 34.4 Å². The predicted molar refractivity (Wildman–Crippen MR) is 100 cm³/mol. The molecule has 0 fully saturated rings. The number of benzene rings is 1. The molecule has 0 bridgehead atoms. The standard InChI is InChI=1S/C19H21FN2O2S/c1-3-13-4-6-14(7-5-13)15-12-25-18-17(15)19(23)22(10-9-20)16(21-18)8-11-24-2/h4-7,12H,3,8-11H2,1-2H3. The summed E-state index contributed by atoms with van der Waals surface area (Å²) in [5.41, 5.74) is 2.92. The second-order valence-electron chi connectivity index (χ2n) is 5.80. The maximum absolute atomic E-state index is 13.0. The first-order valence-electron chi connectivity index (χ1n) is 8.34. The van der Waals surface area contributed by atoms with Crippen LogP contribution in [0.3, 0.4) is 0 Å². The summed E-state index contributed by atoms with van der Waals surface area (Å²) < 4.78 is 19.5. The first-order chi connectivity index (χ1) is 12.2. The number of aromatic nitrogens is 2. The summed E-state index contributed by atoms with van der Waals surface area (Å²) in [6, 6.07) is 8.19. The zero-order valence-electron chi connectivity index (χ0n) is 14.4.